The van der Waals surface area contributed by atoms with Crippen LogP contribution in [-0.4, -0.2) is 46.4 Å². The van der Waals surface area contributed by atoms with E-state index in [1.165, 1.54) is 21.3 Å². The van der Waals surface area contributed by atoms with Crippen LogP contribution in [0.3, 0.4) is 0 Å². The number of carbonyl (C=O) groups is 2. The number of methoxy groups -OCH3 is 1. The predicted octanol–water partition coefficient (Wildman–Crippen LogP) is 1.47. The number of esters is 1. The Morgan fingerprint density at radius 2 is 1.57 bits per heavy atom. The number of hydrogen-bond acceptors (Lipinski definition) is 5. The van der Waals surface area contributed by atoms with Crippen LogP contribution in [0.25, 0.3) is 0 Å². The van der Waals surface area contributed by atoms with E-state index in [-0.39, 0.29) is 12.0 Å². The molecule has 0 aliphatic heterocycles. The molecular formula is C19H20BF2NO5. The van der Waals surface area contributed by atoms with Crippen LogP contribution in [0.1, 0.15) is 15.9 Å². The summed E-state index contributed by atoms with van der Waals surface area (Å²) >= 11 is 0. The van der Waals surface area contributed by atoms with Gasteiger partial charge in [0, 0.05) is 32.3 Å². The molecule has 1 atom stereocenters. The third kappa shape index (κ3) is 5.61. The van der Waals surface area contributed by atoms with Crippen LogP contribution in [0.15, 0.2) is 42.5 Å². The summed E-state index contributed by atoms with van der Waals surface area (Å²) in [4.78, 5) is 24.4. The summed E-state index contributed by atoms with van der Waals surface area (Å²) in [5.41, 5.74) is 1.28. The van der Waals surface area contributed by atoms with E-state index in [9.17, 15) is 18.4 Å². The molecule has 0 radical (unpaired) electrons. The Bertz CT molecular complexity index is 807. The van der Waals surface area contributed by atoms with Gasteiger partial charge in [0.25, 0.3) is 5.91 Å². The van der Waals surface area contributed by atoms with Gasteiger partial charge in [0.05, 0.1) is 7.11 Å². The third-order valence-corrected chi connectivity index (χ3v) is 4.04. The van der Waals surface area contributed by atoms with Gasteiger partial charge in [-0.25, -0.2) is 13.6 Å². The first-order chi connectivity index (χ1) is 13.4. The zero-order valence-electron chi connectivity index (χ0n) is 15.7. The van der Waals surface area contributed by atoms with Gasteiger partial charge in [-0.1, -0.05) is 24.3 Å². The SMILES string of the molecule is COB(OC)c1ccc(C[C@H](NC(=O)c2cc(F)cc(F)c2)C(=O)OC)cc1. The highest BCUT2D eigenvalue weighted by Gasteiger charge is 2.24. The lowest BCUT2D eigenvalue weighted by molar-refractivity contribution is -0.142. The standard InChI is InChI=1S/C19H20BF2NO5/c1-26-19(25)17(23-18(24)13-9-15(21)11-16(22)10-13)8-12-4-6-14(7-5-12)20(27-2)28-3/h4-7,9-11,17H,8H2,1-3H3,(H,23,24)/t17-/m0/s1. The molecule has 0 saturated heterocycles. The Hall–Kier alpha value is -2.78. The van der Waals surface area contributed by atoms with Crippen molar-refractivity contribution in [3.05, 3.63) is 65.2 Å². The van der Waals surface area contributed by atoms with Crippen molar-refractivity contribution in [2.75, 3.05) is 21.3 Å². The lowest BCUT2D eigenvalue weighted by atomic mass is 9.78. The van der Waals surface area contributed by atoms with Crippen molar-refractivity contribution in [1.82, 2.24) is 5.32 Å². The van der Waals surface area contributed by atoms with Gasteiger partial charge >= 0.3 is 13.1 Å². The number of ether oxygens (including phenoxy) is 1. The molecule has 0 aromatic heterocycles. The fourth-order valence-corrected chi connectivity index (χ4v) is 2.68. The number of rotatable bonds is 8. The second kappa shape index (κ2) is 9.96. The van der Waals surface area contributed by atoms with Gasteiger partial charge in [0.15, 0.2) is 0 Å². The van der Waals surface area contributed by atoms with Gasteiger partial charge < -0.3 is 19.4 Å². The number of carbonyl (C=O) groups excluding carboxylic acids is 2. The van der Waals surface area contributed by atoms with Gasteiger partial charge in [0.2, 0.25) is 0 Å². The van der Waals surface area contributed by atoms with Crippen LogP contribution in [0, 0.1) is 11.6 Å². The van der Waals surface area contributed by atoms with Crippen molar-refractivity contribution in [3.63, 3.8) is 0 Å². The molecule has 0 spiro atoms. The van der Waals surface area contributed by atoms with Crippen LogP contribution < -0.4 is 10.8 Å². The molecule has 0 heterocycles. The summed E-state index contributed by atoms with van der Waals surface area (Å²) in [5, 5.41) is 2.45. The molecule has 1 amide bonds. The molecule has 2 aromatic carbocycles. The minimum absolute atomic E-state index is 0.126. The molecular weight excluding hydrogens is 371 g/mol. The first-order valence-corrected chi connectivity index (χ1v) is 8.37. The maximum Gasteiger partial charge on any atom is 0.493 e. The molecule has 2 aromatic rings. The van der Waals surface area contributed by atoms with Crippen molar-refractivity contribution in [2.24, 2.45) is 0 Å². The smallest absolute Gasteiger partial charge is 0.467 e. The highest BCUT2D eigenvalue weighted by Crippen LogP contribution is 2.10. The lowest BCUT2D eigenvalue weighted by Crippen LogP contribution is -2.43. The van der Waals surface area contributed by atoms with E-state index >= 15 is 0 Å². The van der Waals surface area contributed by atoms with Crippen molar-refractivity contribution < 1.29 is 32.4 Å². The second-order valence-electron chi connectivity index (χ2n) is 5.96. The Morgan fingerprint density at radius 1 is 1.00 bits per heavy atom. The number of nitrogens with one attached hydrogen (secondary N) is 1. The van der Waals surface area contributed by atoms with E-state index < -0.39 is 36.7 Å². The lowest BCUT2D eigenvalue weighted by Gasteiger charge is -2.17. The quantitative estimate of drug-likeness (QED) is 0.545. The molecule has 6 nitrogen and oxygen atoms in total. The van der Waals surface area contributed by atoms with Crippen molar-refractivity contribution in [3.8, 4) is 0 Å². The first-order valence-electron chi connectivity index (χ1n) is 8.37. The summed E-state index contributed by atoms with van der Waals surface area (Å²) < 4.78 is 41.7. The number of halogens is 2. The highest BCUT2D eigenvalue weighted by atomic mass is 19.1. The summed E-state index contributed by atoms with van der Waals surface area (Å²) in [6, 6.07) is 8.44. The van der Waals surface area contributed by atoms with E-state index in [1.54, 1.807) is 24.3 Å². The number of hydrogen-bond donors (Lipinski definition) is 1. The van der Waals surface area contributed by atoms with Gasteiger partial charge in [-0.05, 0) is 23.2 Å². The second-order valence-corrected chi connectivity index (χ2v) is 5.96. The molecule has 0 aliphatic rings. The van der Waals surface area contributed by atoms with Gasteiger partial charge in [-0.2, -0.15) is 0 Å². The van der Waals surface area contributed by atoms with Gasteiger partial charge in [-0.15, -0.1) is 0 Å². The molecule has 1 N–H and O–H groups in total. The Morgan fingerprint density at radius 3 is 2.07 bits per heavy atom. The fraction of sp³-hybridized carbons (Fsp3) is 0.263. The molecule has 0 bridgehead atoms. The van der Waals surface area contributed by atoms with Gasteiger partial charge in [-0.3, -0.25) is 4.79 Å². The molecule has 2 rings (SSSR count). The van der Waals surface area contributed by atoms with Crippen LogP contribution in [0.4, 0.5) is 8.78 Å². The predicted molar refractivity (Wildman–Crippen MR) is 99.2 cm³/mol. The van der Waals surface area contributed by atoms with Gasteiger partial charge in [0.1, 0.15) is 17.7 Å². The molecule has 9 heteroatoms. The Labute approximate surface area is 161 Å². The number of benzene rings is 2. The summed E-state index contributed by atoms with van der Waals surface area (Å²) in [7, 11) is 3.70. The maximum absolute atomic E-state index is 13.3. The summed E-state index contributed by atoms with van der Waals surface area (Å²) in [5.74, 6) is -3.24. The largest absolute Gasteiger partial charge is 0.493 e. The summed E-state index contributed by atoms with van der Waals surface area (Å²) in [6.07, 6.45) is 0.126. The van der Waals surface area contributed by atoms with E-state index in [2.05, 4.69) is 5.32 Å². The zero-order valence-corrected chi connectivity index (χ0v) is 15.7. The molecule has 0 unspecified atom stereocenters. The molecule has 0 aliphatic carbocycles. The molecule has 28 heavy (non-hydrogen) atoms. The van der Waals surface area contributed by atoms with E-state index in [0.29, 0.717) is 6.07 Å². The fourth-order valence-electron chi connectivity index (χ4n) is 2.68. The van der Waals surface area contributed by atoms with E-state index in [4.69, 9.17) is 14.0 Å². The Balaban J connectivity index is 2.15. The van der Waals surface area contributed by atoms with Crippen molar-refractivity contribution in [1.29, 1.82) is 0 Å². The van der Waals surface area contributed by atoms with Crippen LogP contribution in [0.5, 0.6) is 0 Å². The van der Waals surface area contributed by atoms with E-state index in [0.717, 1.165) is 23.2 Å². The topological polar surface area (TPSA) is 73.9 Å². The average molecular weight is 391 g/mol. The van der Waals surface area contributed by atoms with Crippen LogP contribution >= 0.6 is 0 Å². The van der Waals surface area contributed by atoms with Crippen LogP contribution in [0.2, 0.25) is 0 Å². The average Bonchev–Trinajstić information content (AvgIpc) is 2.68. The number of amides is 1. The normalized spacial score (nSPS) is 11.6. The highest BCUT2D eigenvalue weighted by molar-refractivity contribution is 6.61. The first kappa shape index (κ1) is 21.5. The minimum Gasteiger partial charge on any atom is -0.467 e. The van der Waals surface area contributed by atoms with Crippen molar-refractivity contribution in [2.45, 2.75) is 12.5 Å². The Kier molecular flexibility index (Phi) is 7.65. The maximum atomic E-state index is 13.3. The molecule has 0 fully saturated rings. The minimum atomic E-state index is -1.03. The van der Waals surface area contributed by atoms with E-state index in [1.807, 2.05) is 0 Å². The molecule has 0 saturated carbocycles. The van der Waals surface area contributed by atoms with Crippen LogP contribution in [-0.2, 0) is 25.3 Å². The monoisotopic (exact) mass is 391 g/mol. The van der Waals surface area contributed by atoms with Crippen molar-refractivity contribution >= 4 is 24.5 Å². The molecule has 148 valence electrons. The zero-order chi connectivity index (χ0) is 20.7. The summed E-state index contributed by atoms with van der Waals surface area (Å²) in [6.45, 7) is 0. The third-order valence-electron chi connectivity index (χ3n) is 4.04.